The van der Waals surface area contributed by atoms with Crippen LogP contribution in [0.15, 0.2) is 18.3 Å². The van der Waals surface area contributed by atoms with E-state index in [1.807, 2.05) is 0 Å². The first-order valence-electron chi connectivity index (χ1n) is 5.30. The molecule has 0 bridgehead atoms. The minimum absolute atomic E-state index is 0.157. The molecule has 0 saturated carbocycles. The van der Waals surface area contributed by atoms with E-state index in [2.05, 4.69) is 10.3 Å². The van der Waals surface area contributed by atoms with Gasteiger partial charge in [-0.05, 0) is 25.5 Å². The summed E-state index contributed by atoms with van der Waals surface area (Å²) in [5.74, 6) is -0.899. The molecule has 1 atom stereocenters. The molecule has 18 heavy (non-hydrogen) atoms. The van der Waals surface area contributed by atoms with Gasteiger partial charge in [0, 0.05) is 18.8 Å². The predicted octanol–water partition coefficient (Wildman–Crippen LogP) is 1.60. The summed E-state index contributed by atoms with van der Waals surface area (Å²) in [6.45, 7) is 1.43. The Morgan fingerprint density at radius 1 is 1.56 bits per heavy atom. The molecule has 4 nitrogen and oxygen atoms in total. The molecule has 2 N–H and O–H groups in total. The molecule has 0 spiro atoms. The lowest BCUT2D eigenvalue weighted by atomic mass is 10.1. The van der Waals surface area contributed by atoms with E-state index in [4.69, 9.17) is 5.11 Å². The summed E-state index contributed by atoms with van der Waals surface area (Å²) in [5, 5.41) is 11.0. The largest absolute Gasteiger partial charge is 0.418 e. The first kappa shape index (κ1) is 14.4. The van der Waals surface area contributed by atoms with E-state index in [1.165, 1.54) is 0 Å². The van der Waals surface area contributed by atoms with Crippen molar-refractivity contribution in [3.8, 4) is 0 Å². The van der Waals surface area contributed by atoms with Gasteiger partial charge in [0.05, 0.1) is 5.56 Å². The van der Waals surface area contributed by atoms with Gasteiger partial charge in [-0.15, -0.1) is 0 Å². The lowest BCUT2D eigenvalue weighted by Gasteiger charge is -2.15. The smallest absolute Gasteiger partial charge is 0.396 e. The Labute approximate surface area is 102 Å². The van der Waals surface area contributed by atoms with Crippen molar-refractivity contribution in [1.82, 2.24) is 10.3 Å². The third kappa shape index (κ3) is 3.69. The first-order valence-corrected chi connectivity index (χ1v) is 5.30. The molecule has 100 valence electrons. The molecule has 1 unspecified atom stereocenters. The second kappa shape index (κ2) is 5.81. The maximum Gasteiger partial charge on any atom is 0.418 e. The van der Waals surface area contributed by atoms with Crippen LogP contribution < -0.4 is 5.32 Å². The number of nitrogens with one attached hydrogen (secondary N) is 1. The van der Waals surface area contributed by atoms with Crippen LogP contribution in [0.1, 0.15) is 29.4 Å². The molecule has 0 aromatic carbocycles. The van der Waals surface area contributed by atoms with Gasteiger partial charge in [-0.2, -0.15) is 13.2 Å². The van der Waals surface area contributed by atoms with Gasteiger partial charge in [0.15, 0.2) is 0 Å². The van der Waals surface area contributed by atoms with Crippen molar-refractivity contribution in [2.75, 3.05) is 6.61 Å². The first-order chi connectivity index (χ1) is 8.36. The number of nitrogens with zero attached hydrogens (tertiary/aromatic N) is 1. The van der Waals surface area contributed by atoms with E-state index in [0.29, 0.717) is 0 Å². The molecule has 1 aromatic heterocycles. The molecule has 1 rings (SSSR count). The van der Waals surface area contributed by atoms with Crippen molar-refractivity contribution in [1.29, 1.82) is 0 Å². The maximum absolute atomic E-state index is 12.6. The van der Waals surface area contributed by atoms with Gasteiger partial charge in [0.1, 0.15) is 5.69 Å². The van der Waals surface area contributed by atoms with Crippen molar-refractivity contribution in [2.45, 2.75) is 25.6 Å². The van der Waals surface area contributed by atoms with Crippen LogP contribution in [0.3, 0.4) is 0 Å². The SMILES string of the molecule is CC(CCO)NC(=O)c1ncccc1C(F)(F)F. The molecule has 0 radical (unpaired) electrons. The molecular formula is C11H13F3N2O2. The van der Waals surface area contributed by atoms with Gasteiger partial charge in [0.25, 0.3) is 5.91 Å². The van der Waals surface area contributed by atoms with Crippen molar-refractivity contribution in [3.63, 3.8) is 0 Å². The number of aromatic nitrogens is 1. The zero-order chi connectivity index (χ0) is 13.8. The van der Waals surface area contributed by atoms with Crippen LogP contribution in [0.2, 0.25) is 0 Å². The fourth-order valence-corrected chi connectivity index (χ4v) is 1.37. The average molecular weight is 262 g/mol. The second-order valence-corrected chi connectivity index (χ2v) is 3.78. The monoisotopic (exact) mass is 262 g/mol. The number of pyridine rings is 1. The number of hydrogen-bond donors (Lipinski definition) is 2. The number of amides is 1. The fourth-order valence-electron chi connectivity index (χ4n) is 1.37. The molecule has 0 fully saturated rings. The predicted molar refractivity (Wildman–Crippen MR) is 57.9 cm³/mol. The Morgan fingerprint density at radius 2 is 2.22 bits per heavy atom. The third-order valence-corrected chi connectivity index (χ3v) is 2.27. The van der Waals surface area contributed by atoms with Crippen LogP contribution in [0.25, 0.3) is 0 Å². The van der Waals surface area contributed by atoms with Crippen molar-refractivity contribution in [2.24, 2.45) is 0 Å². The quantitative estimate of drug-likeness (QED) is 0.866. The third-order valence-electron chi connectivity index (χ3n) is 2.27. The Hall–Kier alpha value is -1.63. The number of aliphatic hydroxyl groups is 1. The highest BCUT2D eigenvalue weighted by atomic mass is 19.4. The van der Waals surface area contributed by atoms with Crippen LogP contribution in [0.4, 0.5) is 13.2 Å². The Kier molecular flexibility index (Phi) is 4.66. The lowest BCUT2D eigenvalue weighted by Crippen LogP contribution is -2.35. The summed E-state index contributed by atoms with van der Waals surface area (Å²) in [6, 6.07) is 1.50. The number of hydrogen-bond acceptors (Lipinski definition) is 3. The Bertz CT molecular complexity index is 421. The van der Waals surface area contributed by atoms with Gasteiger partial charge >= 0.3 is 6.18 Å². The van der Waals surface area contributed by atoms with Crippen molar-refractivity contribution >= 4 is 5.91 Å². The van der Waals surface area contributed by atoms with Crippen LogP contribution in [0, 0.1) is 0 Å². The molecule has 1 aromatic rings. The summed E-state index contributed by atoms with van der Waals surface area (Å²) >= 11 is 0. The van der Waals surface area contributed by atoms with Crippen LogP contribution in [-0.4, -0.2) is 28.6 Å². The molecule has 0 aliphatic rings. The molecular weight excluding hydrogens is 249 g/mol. The lowest BCUT2D eigenvalue weighted by molar-refractivity contribution is -0.138. The number of carbonyl (C=O) groups is 1. The van der Waals surface area contributed by atoms with E-state index in [9.17, 15) is 18.0 Å². The number of carbonyl (C=O) groups excluding carboxylic acids is 1. The topological polar surface area (TPSA) is 62.2 Å². The van der Waals surface area contributed by atoms with E-state index in [-0.39, 0.29) is 13.0 Å². The molecule has 0 aliphatic carbocycles. The van der Waals surface area contributed by atoms with Gasteiger partial charge < -0.3 is 10.4 Å². The standard InChI is InChI=1S/C11H13F3N2O2/c1-7(4-6-17)16-10(18)9-8(11(12,13)14)3-2-5-15-9/h2-3,5,7,17H,4,6H2,1H3,(H,16,18). The van der Waals surface area contributed by atoms with Crippen molar-refractivity contribution < 1.29 is 23.1 Å². The summed E-state index contributed by atoms with van der Waals surface area (Å²) in [4.78, 5) is 15.1. The fraction of sp³-hybridized carbons (Fsp3) is 0.455. The number of halogens is 3. The maximum atomic E-state index is 12.6. The van der Waals surface area contributed by atoms with E-state index in [1.54, 1.807) is 6.92 Å². The molecule has 7 heteroatoms. The number of rotatable bonds is 4. The normalized spacial score (nSPS) is 13.2. The van der Waals surface area contributed by atoms with E-state index >= 15 is 0 Å². The van der Waals surface area contributed by atoms with E-state index in [0.717, 1.165) is 18.3 Å². The molecule has 0 saturated heterocycles. The van der Waals surface area contributed by atoms with Crippen LogP contribution in [-0.2, 0) is 6.18 Å². The van der Waals surface area contributed by atoms with Crippen LogP contribution >= 0.6 is 0 Å². The summed E-state index contributed by atoms with van der Waals surface area (Å²) in [5.41, 5.74) is -1.73. The minimum Gasteiger partial charge on any atom is -0.396 e. The minimum atomic E-state index is -4.62. The van der Waals surface area contributed by atoms with Gasteiger partial charge in [0.2, 0.25) is 0 Å². The van der Waals surface area contributed by atoms with E-state index < -0.39 is 29.4 Å². The van der Waals surface area contributed by atoms with Gasteiger partial charge in [-0.1, -0.05) is 0 Å². The zero-order valence-electron chi connectivity index (χ0n) is 9.66. The second-order valence-electron chi connectivity index (χ2n) is 3.78. The molecule has 1 amide bonds. The van der Waals surface area contributed by atoms with Gasteiger partial charge in [-0.25, -0.2) is 0 Å². The number of aliphatic hydroxyl groups excluding tert-OH is 1. The molecule has 1 heterocycles. The highest BCUT2D eigenvalue weighted by Crippen LogP contribution is 2.30. The molecule has 0 aliphatic heterocycles. The average Bonchev–Trinajstić information content (AvgIpc) is 2.28. The Morgan fingerprint density at radius 3 is 2.78 bits per heavy atom. The van der Waals surface area contributed by atoms with Crippen molar-refractivity contribution in [3.05, 3.63) is 29.6 Å². The highest BCUT2D eigenvalue weighted by Gasteiger charge is 2.36. The summed E-state index contributed by atoms with van der Waals surface area (Å²) in [6.07, 6.45) is -3.23. The van der Waals surface area contributed by atoms with Crippen LogP contribution in [0.5, 0.6) is 0 Å². The Balaban J connectivity index is 2.93. The zero-order valence-corrected chi connectivity index (χ0v) is 9.66. The highest BCUT2D eigenvalue weighted by molar-refractivity contribution is 5.94. The van der Waals surface area contributed by atoms with Gasteiger partial charge in [-0.3, -0.25) is 9.78 Å². The number of alkyl halides is 3. The summed E-state index contributed by atoms with van der Waals surface area (Å²) in [7, 11) is 0. The summed E-state index contributed by atoms with van der Waals surface area (Å²) < 4.78 is 37.9.